The molecule has 2 aromatic carbocycles. The lowest BCUT2D eigenvalue weighted by Gasteiger charge is -2.15. The first-order valence-electron chi connectivity index (χ1n) is 8.18. The molecule has 0 saturated carbocycles. The van der Waals surface area contributed by atoms with Crippen LogP contribution >= 0.6 is 11.6 Å². The Morgan fingerprint density at radius 2 is 1.67 bits per heavy atom. The summed E-state index contributed by atoms with van der Waals surface area (Å²) in [6.07, 6.45) is 0. The van der Waals surface area contributed by atoms with Crippen molar-refractivity contribution in [2.24, 2.45) is 5.92 Å². The highest BCUT2D eigenvalue weighted by Gasteiger charge is 2.17. The molecule has 0 heterocycles. The summed E-state index contributed by atoms with van der Waals surface area (Å²) < 4.78 is 23.8. The summed E-state index contributed by atoms with van der Waals surface area (Å²) in [6.45, 7) is 4.42. The van der Waals surface area contributed by atoms with E-state index in [9.17, 15) is 14.0 Å². The van der Waals surface area contributed by atoms with E-state index in [1.54, 1.807) is 0 Å². The van der Waals surface area contributed by atoms with Gasteiger partial charge in [-0.1, -0.05) is 25.4 Å². The quantitative estimate of drug-likeness (QED) is 0.734. The minimum absolute atomic E-state index is 0.174. The van der Waals surface area contributed by atoms with Crippen molar-refractivity contribution in [3.05, 3.63) is 58.4 Å². The van der Waals surface area contributed by atoms with Gasteiger partial charge < -0.3 is 9.47 Å². The Bertz CT molecular complexity index is 825. The van der Waals surface area contributed by atoms with E-state index < -0.39 is 17.6 Å². The molecule has 2 rings (SSSR count). The number of ether oxygens (including phenoxy) is 2. The van der Waals surface area contributed by atoms with Crippen LogP contribution in [0.5, 0.6) is 11.5 Å². The molecule has 0 saturated heterocycles. The third kappa shape index (κ3) is 5.59. The highest BCUT2D eigenvalue weighted by atomic mass is 35.5. The highest BCUT2D eigenvalue weighted by molar-refractivity contribution is 6.32. The minimum atomic E-state index is -0.596. The maximum absolute atomic E-state index is 12.9. The van der Waals surface area contributed by atoms with Gasteiger partial charge in [-0.05, 0) is 42.3 Å². The molecule has 144 valence electrons. The number of halogens is 2. The topological polar surface area (TPSA) is 76.7 Å². The second-order valence-corrected chi connectivity index (χ2v) is 6.52. The first kappa shape index (κ1) is 20.5. The number of hydrogen-bond acceptors (Lipinski definition) is 4. The molecule has 0 radical (unpaired) electrons. The molecule has 27 heavy (non-hydrogen) atoms. The van der Waals surface area contributed by atoms with E-state index in [0.717, 1.165) is 12.1 Å². The van der Waals surface area contributed by atoms with Gasteiger partial charge in [0.25, 0.3) is 11.8 Å². The molecule has 0 aromatic heterocycles. The van der Waals surface area contributed by atoms with E-state index in [1.165, 1.54) is 31.4 Å². The van der Waals surface area contributed by atoms with Gasteiger partial charge in [-0.3, -0.25) is 20.4 Å². The molecule has 0 aliphatic rings. The van der Waals surface area contributed by atoms with Crippen molar-refractivity contribution in [3.63, 3.8) is 0 Å². The van der Waals surface area contributed by atoms with Crippen LogP contribution in [-0.2, 0) is 0 Å². The molecular formula is C19H20ClFN2O4. The summed E-state index contributed by atoms with van der Waals surface area (Å²) in [4.78, 5) is 24.3. The van der Waals surface area contributed by atoms with Gasteiger partial charge in [-0.25, -0.2) is 4.39 Å². The number of hydrogen-bond donors (Lipinski definition) is 2. The number of amides is 2. The third-order valence-corrected chi connectivity index (χ3v) is 3.73. The van der Waals surface area contributed by atoms with Crippen LogP contribution in [0.15, 0.2) is 36.4 Å². The number of methoxy groups -OCH3 is 1. The van der Waals surface area contributed by atoms with Crippen molar-refractivity contribution in [1.82, 2.24) is 10.9 Å². The molecule has 0 bridgehead atoms. The van der Waals surface area contributed by atoms with Crippen molar-refractivity contribution < 1.29 is 23.5 Å². The second kappa shape index (κ2) is 9.23. The molecular weight excluding hydrogens is 375 g/mol. The van der Waals surface area contributed by atoms with Crippen LogP contribution in [-0.4, -0.2) is 25.5 Å². The fourth-order valence-electron chi connectivity index (χ4n) is 2.10. The maximum Gasteiger partial charge on any atom is 0.269 e. The molecule has 0 aliphatic heterocycles. The van der Waals surface area contributed by atoms with Gasteiger partial charge in [0.1, 0.15) is 5.82 Å². The molecule has 2 N–H and O–H groups in total. The summed E-state index contributed by atoms with van der Waals surface area (Å²) in [5.41, 5.74) is 4.90. The lowest BCUT2D eigenvalue weighted by molar-refractivity contribution is 0.0846. The number of rotatable bonds is 6. The molecule has 6 nitrogen and oxygen atoms in total. The van der Waals surface area contributed by atoms with Gasteiger partial charge >= 0.3 is 0 Å². The number of carbonyl (C=O) groups excluding carboxylic acids is 2. The van der Waals surface area contributed by atoms with Crippen LogP contribution in [0.1, 0.15) is 34.6 Å². The largest absolute Gasteiger partial charge is 0.493 e. The van der Waals surface area contributed by atoms with Crippen molar-refractivity contribution in [2.75, 3.05) is 13.7 Å². The normalized spacial score (nSPS) is 10.4. The monoisotopic (exact) mass is 394 g/mol. The highest BCUT2D eigenvalue weighted by Crippen LogP contribution is 2.36. The average molecular weight is 395 g/mol. The SMILES string of the molecule is COc1cc(C(=O)NNC(=O)c2ccc(F)cc2)cc(Cl)c1OCC(C)C. The van der Waals surface area contributed by atoms with Gasteiger partial charge in [0, 0.05) is 11.1 Å². The van der Waals surface area contributed by atoms with Gasteiger partial charge in [0.2, 0.25) is 0 Å². The fraction of sp³-hybridized carbons (Fsp3) is 0.263. The summed E-state index contributed by atoms with van der Waals surface area (Å²) in [6, 6.07) is 7.78. The van der Waals surface area contributed by atoms with Crippen LogP contribution in [0.25, 0.3) is 0 Å². The van der Waals surface area contributed by atoms with Crippen LogP contribution in [0.4, 0.5) is 4.39 Å². The Morgan fingerprint density at radius 1 is 1.07 bits per heavy atom. The van der Waals surface area contributed by atoms with Crippen molar-refractivity contribution in [3.8, 4) is 11.5 Å². The first-order chi connectivity index (χ1) is 12.8. The van der Waals surface area contributed by atoms with Crippen molar-refractivity contribution in [2.45, 2.75) is 13.8 Å². The molecule has 8 heteroatoms. The number of hydrazine groups is 1. The van der Waals surface area contributed by atoms with Gasteiger partial charge in [0.05, 0.1) is 18.7 Å². The fourth-order valence-corrected chi connectivity index (χ4v) is 2.37. The van der Waals surface area contributed by atoms with Crippen LogP contribution in [0, 0.1) is 11.7 Å². The van der Waals surface area contributed by atoms with E-state index in [2.05, 4.69) is 10.9 Å². The van der Waals surface area contributed by atoms with E-state index in [0.29, 0.717) is 18.1 Å². The van der Waals surface area contributed by atoms with Crippen LogP contribution < -0.4 is 20.3 Å². The molecule has 0 atom stereocenters. The van der Waals surface area contributed by atoms with E-state index in [-0.39, 0.29) is 22.1 Å². The number of benzene rings is 2. The molecule has 2 aromatic rings. The van der Waals surface area contributed by atoms with Gasteiger partial charge in [0.15, 0.2) is 11.5 Å². The predicted octanol–water partition coefficient (Wildman–Crippen LogP) is 3.60. The summed E-state index contributed by atoms with van der Waals surface area (Å²) in [7, 11) is 1.44. The average Bonchev–Trinajstić information content (AvgIpc) is 2.64. The van der Waals surface area contributed by atoms with Crippen molar-refractivity contribution in [1.29, 1.82) is 0 Å². The second-order valence-electron chi connectivity index (χ2n) is 6.11. The molecule has 2 amide bonds. The third-order valence-electron chi connectivity index (χ3n) is 3.45. The van der Waals surface area contributed by atoms with Gasteiger partial charge in [-0.2, -0.15) is 0 Å². The number of carbonyl (C=O) groups is 2. The zero-order valence-electron chi connectivity index (χ0n) is 15.1. The Morgan fingerprint density at radius 3 is 2.22 bits per heavy atom. The maximum atomic E-state index is 12.9. The first-order valence-corrected chi connectivity index (χ1v) is 8.56. The zero-order valence-corrected chi connectivity index (χ0v) is 15.9. The Balaban J connectivity index is 2.08. The zero-order chi connectivity index (χ0) is 20.0. The summed E-state index contributed by atoms with van der Waals surface area (Å²) in [5.74, 6) is -0.704. The van der Waals surface area contributed by atoms with Crippen LogP contribution in [0.2, 0.25) is 5.02 Å². The van der Waals surface area contributed by atoms with E-state index in [4.69, 9.17) is 21.1 Å². The van der Waals surface area contributed by atoms with Gasteiger partial charge in [-0.15, -0.1) is 0 Å². The summed E-state index contributed by atoms with van der Waals surface area (Å²) in [5, 5.41) is 0.213. The van der Waals surface area contributed by atoms with Crippen LogP contribution in [0.3, 0.4) is 0 Å². The van der Waals surface area contributed by atoms with E-state index >= 15 is 0 Å². The Labute approximate surface area is 161 Å². The van der Waals surface area contributed by atoms with Crippen molar-refractivity contribution >= 4 is 23.4 Å². The minimum Gasteiger partial charge on any atom is -0.493 e. The molecule has 0 unspecified atom stereocenters. The number of nitrogens with one attached hydrogen (secondary N) is 2. The lowest BCUT2D eigenvalue weighted by Crippen LogP contribution is -2.41. The standard InChI is InChI=1S/C19H20ClFN2O4/c1-11(2)10-27-17-15(20)8-13(9-16(17)26-3)19(25)23-22-18(24)12-4-6-14(21)7-5-12/h4-9,11H,10H2,1-3H3,(H,22,24)(H,23,25). The molecule has 0 spiro atoms. The Kier molecular flexibility index (Phi) is 7.01. The predicted molar refractivity (Wildman–Crippen MR) is 99.7 cm³/mol. The lowest BCUT2D eigenvalue weighted by atomic mass is 10.2. The van der Waals surface area contributed by atoms with E-state index in [1.807, 2.05) is 13.8 Å². The smallest absolute Gasteiger partial charge is 0.269 e. The Hall–Kier alpha value is -2.80. The molecule has 0 aliphatic carbocycles. The summed E-state index contributed by atoms with van der Waals surface area (Å²) >= 11 is 6.21. The molecule has 0 fully saturated rings.